The van der Waals surface area contributed by atoms with Crippen molar-refractivity contribution in [2.45, 2.75) is 12.5 Å². The number of halogens is 1. The van der Waals surface area contributed by atoms with Crippen LogP contribution in [0.3, 0.4) is 0 Å². The number of cyclic esters (lactones) is 1. The minimum atomic E-state index is -0.325. The Hall–Kier alpha value is -1.74. The minimum absolute atomic E-state index is 0. The van der Waals surface area contributed by atoms with Gasteiger partial charge in [0.25, 0.3) is 0 Å². The Balaban J connectivity index is 0.00000120. The molecule has 1 saturated heterocycles. The number of carbonyl (C=O) groups excluding carboxylic acids is 1. The van der Waals surface area contributed by atoms with Crippen LogP contribution in [0.1, 0.15) is 18.0 Å². The maximum Gasteiger partial charge on any atom is 0.407 e. The van der Waals surface area contributed by atoms with Crippen molar-refractivity contribution in [3.63, 3.8) is 0 Å². The zero-order chi connectivity index (χ0) is 11.7. The van der Waals surface area contributed by atoms with Crippen LogP contribution in [0.4, 0.5) is 4.79 Å². The average Bonchev–Trinajstić information content (AvgIpc) is 2.38. The van der Waals surface area contributed by atoms with E-state index in [0.29, 0.717) is 6.61 Å². The third kappa shape index (κ3) is 2.27. The first kappa shape index (κ1) is 12.7. The molecule has 0 aliphatic carbocycles. The Morgan fingerprint density at radius 3 is 2.72 bits per heavy atom. The van der Waals surface area contributed by atoms with Crippen molar-refractivity contribution < 1.29 is 9.53 Å². The number of alkyl carbamates (subject to hydrolysis) is 1. The summed E-state index contributed by atoms with van der Waals surface area (Å²) in [5.74, 6) is 0. The number of ether oxygens (including phenoxy) is 1. The third-order valence-electron chi connectivity index (χ3n) is 3.13. The van der Waals surface area contributed by atoms with Gasteiger partial charge in [0.05, 0.1) is 12.6 Å². The molecule has 0 aromatic heterocycles. The second-order valence-corrected chi connectivity index (χ2v) is 4.19. The first-order valence-electron chi connectivity index (χ1n) is 5.75. The first-order chi connectivity index (χ1) is 8.34. The summed E-state index contributed by atoms with van der Waals surface area (Å²) in [5, 5.41) is 5.26. The van der Waals surface area contributed by atoms with Crippen LogP contribution in [0.25, 0.3) is 10.8 Å². The molecule has 0 spiro atoms. The van der Waals surface area contributed by atoms with Gasteiger partial charge < -0.3 is 10.1 Å². The van der Waals surface area contributed by atoms with Crippen molar-refractivity contribution in [1.29, 1.82) is 0 Å². The van der Waals surface area contributed by atoms with E-state index in [1.807, 2.05) is 18.2 Å². The van der Waals surface area contributed by atoms with E-state index < -0.39 is 0 Å². The largest absolute Gasteiger partial charge is 0.449 e. The van der Waals surface area contributed by atoms with E-state index in [1.54, 1.807) is 0 Å². The summed E-state index contributed by atoms with van der Waals surface area (Å²) in [5.41, 5.74) is 1.17. The van der Waals surface area contributed by atoms with E-state index in [9.17, 15) is 4.79 Å². The highest BCUT2D eigenvalue weighted by atomic mass is 35.5. The van der Waals surface area contributed by atoms with Gasteiger partial charge in [0.1, 0.15) is 0 Å². The van der Waals surface area contributed by atoms with Crippen molar-refractivity contribution in [3.05, 3.63) is 48.0 Å². The molecule has 1 atom stereocenters. The maximum atomic E-state index is 11.2. The maximum absolute atomic E-state index is 11.2. The fraction of sp³-hybridized carbons (Fsp3) is 0.214. The lowest BCUT2D eigenvalue weighted by molar-refractivity contribution is 0.116. The van der Waals surface area contributed by atoms with Gasteiger partial charge in [-0.25, -0.2) is 4.79 Å². The number of nitrogens with one attached hydrogen (secondary N) is 1. The van der Waals surface area contributed by atoms with Crippen molar-refractivity contribution in [2.24, 2.45) is 0 Å². The van der Waals surface area contributed by atoms with Gasteiger partial charge in [0, 0.05) is 6.42 Å². The van der Waals surface area contributed by atoms with Crippen LogP contribution in [0.15, 0.2) is 42.5 Å². The van der Waals surface area contributed by atoms with Gasteiger partial charge in [-0.1, -0.05) is 42.5 Å². The molecule has 94 valence electrons. The normalized spacial score (nSPS) is 18.7. The number of amides is 1. The summed E-state index contributed by atoms with van der Waals surface area (Å²) in [6.07, 6.45) is 0.494. The molecular weight excluding hydrogens is 250 g/mol. The predicted octanol–water partition coefficient (Wildman–Crippen LogP) is 3.43. The average molecular weight is 264 g/mol. The van der Waals surface area contributed by atoms with Crippen LogP contribution in [0, 0.1) is 0 Å². The highest BCUT2D eigenvalue weighted by Crippen LogP contribution is 2.27. The molecule has 1 aliphatic rings. The molecule has 1 fully saturated rings. The third-order valence-corrected chi connectivity index (χ3v) is 3.13. The lowest BCUT2D eigenvalue weighted by atomic mass is 9.96. The lowest BCUT2D eigenvalue weighted by Gasteiger charge is -2.24. The summed E-state index contributed by atoms with van der Waals surface area (Å²) >= 11 is 0. The van der Waals surface area contributed by atoms with Gasteiger partial charge in [-0.05, 0) is 16.3 Å². The van der Waals surface area contributed by atoms with Crippen molar-refractivity contribution in [3.8, 4) is 0 Å². The highest BCUT2D eigenvalue weighted by molar-refractivity contribution is 5.86. The minimum Gasteiger partial charge on any atom is -0.449 e. The van der Waals surface area contributed by atoms with E-state index >= 15 is 0 Å². The zero-order valence-electron chi connectivity index (χ0n) is 9.76. The van der Waals surface area contributed by atoms with Gasteiger partial charge in [-0.15, -0.1) is 12.4 Å². The molecule has 3 nitrogen and oxygen atoms in total. The predicted molar refractivity (Wildman–Crippen MR) is 73.0 cm³/mol. The Kier molecular flexibility index (Phi) is 3.72. The molecule has 18 heavy (non-hydrogen) atoms. The fourth-order valence-electron chi connectivity index (χ4n) is 2.31. The SMILES string of the molecule is Cl.O=C1N[C@@H](c2cccc3ccccc23)CCO1. The standard InChI is InChI=1S/C14H13NO2.ClH/c16-14-15-13(8-9-17-14)12-7-3-5-10-4-1-2-6-11(10)12;/h1-7,13H,8-9H2,(H,15,16);1H/t13-;/m1./s1. The van der Waals surface area contributed by atoms with E-state index in [4.69, 9.17) is 4.74 Å². The fourth-order valence-corrected chi connectivity index (χ4v) is 2.31. The number of benzene rings is 2. The number of carbonyl (C=O) groups is 1. The molecule has 2 aromatic carbocycles. The molecule has 0 radical (unpaired) electrons. The van der Waals surface area contributed by atoms with E-state index in [0.717, 1.165) is 6.42 Å². The number of rotatable bonds is 1. The molecule has 0 unspecified atom stereocenters. The van der Waals surface area contributed by atoms with Gasteiger partial charge in [-0.2, -0.15) is 0 Å². The molecule has 2 aromatic rings. The van der Waals surface area contributed by atoms with Crippen LogP contribution >= 0.6 is 12.4 Å². The molecule has 0 saturated carbocycles. The smallest absolute Gasteiger partial charge is 0.407 e. The quantitative estimate of drug-likeness (QED) is 0.856. The van der Waals surface area contributed by atoms with Gasteiger partial charge in [-0.3, -0.25) is 0 Å². The topological polar surface area (TPSA) is 38.3 Å². The first-order valence-corrected chi connectivity index (χ1v) is 5.75. The molecular formula is C14H14ClNO2. The van der Waals surface area contributed by atoms with E-state index in [1.165, 1.54) is 16.3 Å². The summed E-state index contributed by atoms with van der Waals surface area (Å²) in [4.78, 5) is 11.2. The Morgan fingerprint density at radius 2 is 1.89 bits per heavy atom. The molecule has 0 bridgehead atoms. The Morgan fingerprint density at radius 1 is 1.11 bits per heavy atom. The van der Waals surface area contributed by atoms with Crippen LogP contribution in [0.5, 0.6) is 0 Å². The molecule has 1 amide bonds. The van der Waals surface area contributed by atoms with Gasteiger partial charge >= 0.3 is 6.09 Å². The van der Waals surface area contributed by atoms with Crippen molar-refractivity contribution in [1.82, 2.24) is 5.32 Å². The second-order valence-electron chi connectivity index (χ2n) is 4.19. The number of fused-ring (bicyclic) bond motifs is 1. The van der Waals surface area contributed by atoms with Crippen molar-refractivity contribution >= 4 is 29.3 Å². The summed E-state index contributed by atoms with van der Waals surface area (Å²) in [7, 11) is 0. The monoisotopic (exact) mass is 263 g/mol. The number of hydrogen-bond acceptors (Lipinski definition) is 2. The Bertz CT molecular complexity index is 565. The van der Waals surface area contributed by atoms with Crippen LogP contribution < -0.4 is 5.32 Å². The molecule has 1 N–H and O–H groups in total. The van der Waals surface area contributed by atoms with Gasteiger partial charge in [0.15, 0.2) is 0 Å². The van der Waals surface area contributed by atoms with Crippen molar-refractivity contribution in [2.75, 3.05) is 6.61 Å². The van der Waals surface area contributed by atoms with E-state index in [2.05, 4.69) is 29.6 Å². The Labute approximate surface area is 112 Å². The highest BCUT2D eigenvalue weighted by Gasteiger charge is 2.21. The van der Waals surface area contributed by atoms with Gasteiger partial charge in [0.2, 0.25) is 0 Å². The number of hydrogen-bond donors (Lipinski definition) is 1. The van der Waals surface area contributed by atoms with Crippen LogP contribution in [-0.4, -0.2) is 12.7 Å². The second kappa shape index (κ2) is 5.27. The molecule has 4 heteroatoms. The molecule has 1 aliphatic heterocycles. The van der Waals surface area contributed by atoms with E-state index in [-0.39, 0.29) is 24.5 Å². The molecule has 1 heterocycles. The summed E-state index contributed by atoms with van der Waals surface area (Å²) in [6, 6.07) is 14.5. The molecule has 3 rings (SSSR count). The van der Waals surface area contributed by atoms with Crippen LogP contribution in [0.2, 0.25) is 0 Å². The lowest BCUT2D eigenvalue weighted by Crippen LogP contribution is -2.35. The zero-order valence-corrected chi connectivity index (χ0v) is 10.6. The van der Waals surface area contributed by atoms with Crippen LogP contribution in [-0.2, 0) is 4.74 Å². The summed E-state index contributed by atoms with van der Waals surface area (Å²) in [6.45, 7) is 0.486. The summed E-state index contributed by atoms with van der Waals surface area (Å²) < 4.78 is 4.89.